The van der Waals surface area contributed by atoms with Gasteiger partial charge < -0.3 is 5.32 Å². The number of benzene rings is 1. The molecule has 0 spiro atoms. The van der Waals surface area contributed by atoms with E-state index in [9.17, 15) is 13.2 Å². The molecule has 0 radical (unpaired) electrons. The number of hydrogen-bond donors (Lipinski definition) is 1. The Bertz CT molecular complexity index is 630. The Kier molecular flexibility index (Phi) is 5.81. The molecule has 1 fully saturated rings. The molecule has 0 bridgehead atoms. The first-order valence-electron chi connectivity index (χ1n) is 8.15. The van der Waals surface area contributed by atoms with E-state index >= 15 is 0 Å². The Morgan fingerprint density at radius 1 is 1.22 bits per heavy atom. The lowest BCUT2D eigenvalue weighted by Crippen LogP contribution is -2.46. The highest BCUT2D eigenvalue weighted by Crippen LogP contribution is 2.21. The maximum absolute atomic E-state index is 12.6. The molecule has 1 aliphatic rings. The lowest BCUT2D eigenvalue weighted by atomic mass is 10.1. The number of nitrogens with zero attached hydrogens (tertiary/aromatic N) is 1. The number of nitrogens with one attached hydrogen (secondary N) is 1. The highest BCUT2D eigenvalue weighted by atomic mass is 32.2. The molecule has 128 valence electrons. The summed E-state index contributed by atoms with van der Waals surface area (Å²) in [6.45, 7) is 6.85. The van der Waals surface area contributed by atoms with Crippen molar-refractivity contribution in [1.29, 1.82) is 0 Å². The van der Waals surface area contributed by atoms with Crippen LogP contribution in [0.4, 0.5) is 0 Å². The minimum Gasteiger partial charge on any atom is -0.353 e. The lowest BCUT2D eigenvalue weighted by Gasteiger charge is -2.31. The number of carbonyl (C=O) groups is 1. The summed E-state index contributed by atoms with van der Waals surface area (Å²) in [5.74, 6) is 0.386. The molecule has 1 N–H and O–H groups in total. The van der Waals surface area contributed by atoms with Gasteiger partial charge in [0.2, 0.25) is 15.9 Å². The molecular formula is C17H26N2O3S. The molecule has 0 aromatic heterocycles. The van der Waals surface area contributed by atoms with E-state index in [1.54, 1.807) is 12.1 Å². The summed E-state index contributed by atoms with van der Waals surface area (Å²) in [5.41, 5.74) is 1.04. The summed E-state index contributed by atoms with van der Waals surface area (Å²) in [7, 11) is -3.43. The van der Waals surface area contributed by atoms with E-state index in [4.69, 9.17) is 0 Å². The van der Waals surface area contributed by atoms with Gasteiger partial charge in [-0.1, -0.05) is 31.5 Å². The van der Waals surface area contributed by atoms with Crippen LogP contribution in [-0.4, -0.2) is 37.8 Å². The molecule has 1 aliphatic heterocycles. The fourth-order valence-electron chi connectivity index (χ4n) is 2.76. The van der Waals surface area contributed by atoms with Crippen LogP contribution in [0.1, 0.15) is 38.7 Å². The molecule has 1 aromatic rings. The van der Waals surface area contributed by atoms with Gasteiger partial charge in [-0.2, -0.15) is 4.31 Å². The van der Waals surface area contributed by atoms with Crippen LogP contribution in [0.15, 0.2) is 29.2 Å². The van der Waals surface area contributed by atoms with Gasteiger partial charge in [0, 0.05) is 25.6 Å². The average Bonchev–Trinajstić information content (AvgIpc) is 2.47. The van der Waals surface area contributed by atoms with Crippen molar-refractivity contribution in [3.05, 3.63) is 29.8 Å². The molecule has 0 aliphatic carbocycles. The van der Waals surface area contributed by atoms with Crippen LogP contribution in [0, 0.1) is 12.8 Å². The molecule has 6 heteroatoms. The topological polar surface area (TPSA) is 66.5 Å². The Balaban J connectivity index is 1.93. The number of amides is 1. The Morgan fingerprint density at radius 3 is 2.30 bits per heavy atom. The Morgan fingerprint density at radius 2 is 1.78 bits per heavy atom. The van der Waals surface area contributed by atoms with E-state index in [-0.39, 0.29) is 11.9 Å². The molecule has 0 saturated carbocycles. The molecule has 1 amide bonds. The second kappa shape index (κ2) is 7.45. The van der Waals surface area contributed by atoms with E-state index in [1.807, 2.05) is 32.9 Å². The van der Waals surface area contributed by atoms with Gasteiger partial charge in [-0.05, 0) is 37.8 Å². The summed E-state index contributed by atoms with van der Waals surface area (Å²) in [6, 6.07) is 7.01. The maximum atomic E-state index is 12.6. The van der Waals surface area contributed by atoms with Crippen LogP contribution in [0.25, 0.3) is 0 Å². The van der Waals surface area contributed by atoms with Crippen molar-refractivity contribution >= 4 is 15.9 Å². The smallest absolute Gasteiger partial charge is 0.243 e. The van der Waals surface area contributed by atoms with E-state index in [1.165, 1.54) is 4.31 Å². The minimum atomic E-state index is -3.43. The van der Waals surface area contributed by atoms with Gasteiger partial charge in [-0.3, -0.25) is 4.79 Å². The van der Waals surface area contributed by atoms with E-state index in [2.05, 4.69) is 5.32 Å². The molecule has 23 heavy (non-hydrogen) atoms. The summed E-state index contributed by atoms with van der Waals surface area (Å²) in [6.07, 6.45) is 1.84. The quantitative estimate of drug-likeness (QED) is 0.896. The largest absolute Gasteiger partial charge is 0.353 e. The second-order valence-corrected chi connectivity index (χ2v) is 8.59. The van der Waals surface area contributed by atoms with Gasteiger partial charge in [0.25, 0.3) is 0 Å². The van der Waals surface area contributed by atoms with Gasteiger partial charge in [0.05, 0.1) is 4.90 Å². The zero-order valence-corrected chi connectivity index (χ0v) is 14.9. The van der Waals surface area contributed by atoms with Crippen molar-refractivity contribution < 1.29 is 13.2 Å². The Labute approximate surface area is 139 Å². The molecule has 2 rings (SSSR count). The number of piperidine rings is 1. The monoisotopic (exact) mass is 338 g/mol. The van der Waals surface area contributed by atoms with Crippen molar-refractivity contribution in [3.8, 4) is 0 Å². The van der Waals surface area contributed by atoms with Crippen LogP contribution < -0.4 is 5.32 Å². The van der Waals surface area contributed by atoms with Crippen molar-refractivity contribution in [2.75, 3.05) is 13.1 Å². The summed E-state index contributed by atoms with van der Waals surface area (Å²) in [5, 5.41) is 3.01. The molecule has 5 nitrogen and oxygen atoms in total. The number of hydrogen-bond acceptors (Lipinski definition) is 3. The number of aryl methyl sites for hydroxylation is 1. The fraction of sp³-hybridized carbons (Fsp3) is 0.588. The van der Waals surface area contributed by atoms with E-state index in [0.717, 1.165) is 5.56 Å². The van der Waals surface area contributed by atoms with Crippen LogP contribution >= 0.6 is 0 Å². The zero-order chi connectivity index (χ0) is 17.0. The van der Waals surface area contributed by atoms with Crippen LogP contribution in [-0.2, 0) is 14.8 Å². The van der Waals surface area contributed by atoms with Gasteiger partial charge in [0.15, 0.2) is 0 Å². The van der Waals surface area contributed by atoms with Gasteiger partial charge in [-0.15, -0.1) is 0 Å². The standard InChI is InChI=1S/C17H26N2O3S/c1-13(2)12-17(20)18-15-8-10-19(11-9-15)23(21,22)16-6-4-14(3)5-7-16/h4-7,13,15H,8-12H2,1-3H3,(H,18,20). The third-order valence-corrected chi connectivity index (χ3v) is 5.98. The summed E-state index contributed by atoms with van der Waals surface area (Å²) in [4.78, 5) is 12.1. The first-order valence-corrected chi connectivity index (χ1v) is 9.59. The van der Waals surface area contributed by atoms with Crippen LogP contribution in [0.2, 0.25) is 0 Å². The molecule has 0 atom stereocenters. The van der Waals surface area contributed by atoms with Gasteiger partial charge in [-0.25, -0.2) is 8.42 Å². The molecule has 1 heterocycles. The fourth-order valence-corrected chi connectivity index (χ4v) is 4.23. The van der Waals surface area contributed by atoms with Crippen LogP contribution in [0.3, 0.4) is 0 Å². The highest BCUT2D eigenvalue weighted by Gasteiger charge is 2.29. The Hall–Kier alpha value is -1.40. The predicted octanol–water partition coefficient (Wildman–Crippen LogP) is 2.31. The third-order valence-electron chi connectivity index (χ3n) is 4.07. The predicted molar refractivity (Wildman–Crippen MR) is 90.6 cm³/mol. The molecule has 1 aromatic carbocycles. The van der Waals surface area contributed by atoms with Crippen molar-refractivity contribution in [3.63, 3.8) is 0 Å². The third kappa shape index (κ3) is 4.78. The van der Waals surface area contributed by atoms with Gasteiger partial charge >= 0.3 is 0 Å². The average molecular weight is 338 g/mol. The van der Waals surface area contributed by atoms with Crippen LogP contribution in [0.5, 0.6) is 0 Å². The maximum Gasteiger partial charge on any atom is 0.243 e. The van der Waals surface area contributed by atoms with E-state index in [0.29, 0.717) is 43.2 Å². The molecular weight excluding hydrogens is 312 g/mol. The first kappa shape index (κ1) is 17.9. The minimum absolute atomic E-state index is 0.0554. The summed E-state index contributed by atoms with van der Waals surface area (Å²) >= 11 is 0. The SMILES string of the molecule is Cc1ccc(S(=O)(=O)N2CCC(NC(=O)CC(C)C)CC2)cc1. The zero-order valence-electron chi connectivity index (χ0n) is 14.1. The normalized spacial score (nSPS) is 17.4. The summed E-state index contributed by atoms with van der Waals surface area (Å²) < 4.78 is 26.7. The molecule has 1 saturated heterocycles. The first-order chi connectivity index (χ1) is 10.8. The second-order valence-electron chi connectivity index (χ2n) is 6.66. The van der Waals surface area contributed by atoms with Gasteiger partial charge in [0.1, 0.15) is 0 Å². The van der Waals surface area contributed by atoms with Crippen molar-refractivity contribution in [2.24, 2.45) is 5.92 Å². The highest BCUT2D eigenvalue weighted by molar-refractivity contribution is 7.89. The number of rotatable bonds is 5. The van der Waals surface area contributed by atoms with Crippen molar-refractivity contribution in [1.82, 2.24) is 9.62 Å². The number of carbonyl (C=O) groups excluding carboxylic acids is 1. The van der Waals surface area contributed by atoms with E-state index < -0.39 is 10.0 Å². The molecule has 0 unspecified atom stereocenters. The van der Waals surface area contributed by atoms with Crippen molar-refractivity contribution in [2.45, 2.75) is 51.0 Å². The number of sulfonamides is 1. The lowest BCUT2D eigenvalue weighted by molar-refractivity contribution is -0.122.